The lowest BCUT2D eigenvalue weighted by atomic mass is 10.2. The molecule has 1 amide bonds. The van der Waals surface area contributed by atoms with Crippen molar-refractivity contribution in [3.8, 4) is 0 Å². The Balaban J connectivity index is 1.80. The van der Waals surface area contributed by atoms with Crippen molar-refractivity contribution in [1.82, 2.24) is 4.90 Å². The molecule has 1 atom stereocenters. The van der Waals surface area contributed by atoms with Crippen LogP contribution in [0.3, 0.4) is 0 Å². The molecule has 1 aliphatic rings. The van der Waals surface area contributed by atoms with Gasteiger partial charge in [0.05, 0.1) is 11.4 Å². The molecule has 1 aromatic carbocycles. The predicted molar refractivity (Wildman–Crippen MR) is 78.9 cm³/mol. The van der Waals surface area contributed by atoms with E-state index in [1.807, 2.05) is 7.05 Å². The average molecular weight is 279 g/mol. The Morgan fingerprint density at radius 3 is 2.85 bits per heavy atom. The number of halogens is 1. The summed E-state index contributed by atoms with van der Waals surface area (Å²) in [7, 11) is 2.04. The maximum Gasteiger partial charge on any atom is 0.225 e. The van der Waals surface area contributed by atoms with Crippen molar-refractivity contribution in [2.24, 2.45) is 5.92 Å². The zero-order chi connectivity index (χ0) is 14.7. The molecule has 0 heterocycles. The maximum atomic E-state index is 12.9. The van der Waals surface area contributed by atoms with Crippen LogP contribution in [0.25, 0.3) is 0 Å². The molecule has 0 aromatic heterocycles. The second-order valence-electron chi connectivity index (χ2n) is 5.59. The van der Waals surface area contributed by atoms with Gasteiger partial charge < -0.3 is 16.0 Å². The van der Waals surface area contributed by atoms with Gasteiger partial charge in [-0.25, -0.2) is 4.39 Å². The Labute approximate surface area is 119 Å². The normalized spacial score (nSPS) is 16.2. The molecule has 1 fully saturated rings. The van der Waals surface area contributed by atoms with Crippen LogP contribution in [0.5, 0.6) is 0 Å². The minimum Gasteiger partial charge on any atom is -0.397 e. The maximum absolute atomic E-state index is 12.9. The third-order valence-corrected chi connectivity index (χ3v) is 3.98. The smallest absolute Gasteiger partial charge is 0.225 e. The highest BCUT2D eigenvalue weighted by Gasteiger charge is 2.30. The number of benzene rings is 1. The number of carbonyl (C=O) groups excluding carboxylic acids is 1. The van der Waals surface area contributed by atoms with E-state index in [1.54, 1.807) is 0 Å². The standard InChI is InChI=1S/C15H22FN3O/c1-10(11-3-4-11)19(2)8-7-15(20)18-14-6-5-12(16)9-13(14)17/h5-6,9-11H,3-4,7-8,17H2,1-2H3,(H,18,20). The number of nitrogen functional groups attached to an aromatic ring is 1. The van der Waals surface area contributed by atoms with Crippen LogP contribution in [0.1, 0.15) is 26.2 Å². The Kier molecular flexibility index (Phi) is 4.60. The number of nitrogens with two attached hydrogens (primary N) is 1. The van der Waals surface area contributed by atoms with Crippen LogP contribution < -0.4 is 11.1 Å². The number of anilines is 2. The van der Waals surface area contributed by atoms with E-state index >= 15 is 0 Å². The zero-order valence-corrected chi connectivity index (χ0v) is 12.0. The Hall–Kier alpha value is -1.62. The minimum absolute atomic E-state index is 0.0989. The van der Waals surface area contributed by atoms with Crippen molar-refractivity contribution in [2.45, 2.75) is 32.2 Å². The molecule has 1 aliphatic carbocycles. The first-order valence-electron chi connectivity index (χ1n) is 7.02. The Morgan fingerprint density at radius 1 is 1.55 bits per heavy atom. The second kappa shape index (κ2) is 6.22. The van der Waals surface area contributed by atoms with Gasteiger partial charge in [-0.2, -0.15) is 0 Å². The van der Waals surface area contributed by atoms with Crippen LogP contribution in [0.15, 0.2) is 18.2 Å². The fourth-order valence-electron chi connectivity index (χ4n) is 2.28. The first kappa shape index (κ1) is 14.8. The van der Waals surface area contributed by atoms with Gasteiger partial charge in [0, 0.05) is 19.0 Å². The van der Waals surface area contributed by atoms with Crippen molar-refractivity contribution >= 4 is 17.3 Å². The van der Waals surface area contributed by atoms with Crippen LogP contribution in [0.4, 0.5) is 15.8 Å². The summed E-state index contributed by atoms with van der Waals surface area (Å²) in [5, 5.41) is 2.72. The van der Waals surface area contributed by atoms with Gasteiger partial charge in [-0.05, 0) is 50.9 Å². The largest absolute Gasteiger partial charge is 0.397 e. The molecule has 1 aromatic rings. The molecule has 1 unspecified atom stereocenters. The quantitative estimate of drug-likeness (QED) is 0.786. The predicted octanol–water partition coefficient (Wildman–Crippen LogP) is 2.47. The summed E-state index contributed by atoms with van der Waals surface area (Å²) in [5.41, 5.74) is 6.37. The highest BCUT2D eigenvalue weighted by Crippen LogP contribution is 2.34. The first-order chi connectivity index (χ1) is 9.47. The molecular formula is C15H22FN3O. The van der Waals surface area contributed by atoms with Gasteiger partial charge in [0.1, 0.15) is 5.82 Å². The van der Waals surface area contributed by atoms with Crippen LogP contribution in [-0.4, -0.2) is 30.4 Å². The SMILES string of the molecule is CC(C1CC1)N(C)CCC(=O)Nc1ccc(F)cc1N. The molecule has 1 saturated carbocycles. The number of carbonyl (C=O) groups is 1. The van der Waals surface area contributed by atoms with Crippen LogP contribution in [-0.2, 0) is 4.79 Å². The minimum atomic E-state index is -0.404. The molecule has 2 rings (SSSR count). The number of nitrogens with one attached hydrogen (secondary N) is 1. The molecule has 4 nitrogen and oxygen atoms in total. The van der Waals surface area contributed by atoms with Crippen LogP contribution in [0, 0.1) is 11.7 Å². The van der Waals surface area contributed by atoms with E-state index < -0.39 is 5.82 Å². The van der Waals surface area contributed by atoms with E-state index in [4.69, 9.17) is 5.73 Å². The summed E-state index contributed by atoms with van der Waals surface area (Å²) in [5.74, 6) is 0.285. The molecule has 20 heavy (non-hydrogen) atoms. The second-order valence-corrected chi connectivity index (χ2v) is 5.59. The molecule has 0 spiro atoms. The Bertz CT molecular complexity index is 488. The molecule has 5 heteroatoms. The topological polar surface area (TPSA) is 58.4 Å². The monoisotopic (exact) mass is 279 g/mol. The van der Waals surface area contributed by atoms with Gasteiger partial charge in [0.2, 0.25) is 5.91 Å². The van der Waals surface area contributed by atoms with Gasteiger partial charge in [-0.15, -0.1) is 0 Å². The van der Waals surface area contributed by atoms with E-state index in [-0.39, 0.29) is 11.6 Å². The van der Waals surface area contributed by atoms with Gasteiger partial charge >= 0.3 is 0 Å². The van der Waals surface area contributed by atoms with Crippen molar-refractivity contribution in [1.29, 1.82) is 0 Å². The summed E-state index contributed by atoms with van der Waals surface area (Å²) in [6, 6.07) is 4.50. The lowest BCUT2D eigenvalue weighted by molar-refractivity contribution is -0.116. The highest BCUT2D eigenvalue weighted by atomic mass is 19.1. The molecule has 3 N–H and O–H groups in total. The van der Waals surface area contributed by atoms with Crippen molar-refractivity contribution < 1.29 is 9.18 Å². The third-order valence-electron chi connectivity index (χ3n) is 3.98. The van der Waals surface area contributed by atoms with Gasteiger partial charge in [0.25, 0.3) is 0 Å². The van der Waals surface area contributed by atoms with Crippen LogP contribution in [0.2, 0.25) is 0 Å². The van der Waals surface area contributed by atoms with Gasteiger partial charge in [-0.1, -0.05) is 0 Å². The first-order valence-corrected chi connectivity index (χ1v) is 7.02. The number of rotatable bonds is 6. The third kappa shape index (κ3) is 3.93. The molecule has 0 radical (unpaired) electrons. The summed E-state index contributed by atoms with van der Waals surface area (Å²) in [6.07, 6.45) is 3.00. The highest BCUT2D eigenvalue weighted by molar-refractivity contribution is 5.93. The molecule has 0 aliphatic heterocycles. The number of hydrogen-bond donors (Lipinski definition) is 2. The molecule has 110 valence electrons. The average Bonchev–Trinajstić information content (AvgIpc) is 3.23. The van der Waals surface area contributed by atoms with Gasteiger partial charge in [-0.3, -0.25) is 4.79 Å². The Morgan fingerprint density at radius 2 is 2.25 bits per heavy atom. The fraction of sp³-hybridized carbons (Fsp3) is 0.533. The van der Waals surface area contributed by atoms with E-state index in [1.165, 1.54) is 31.0 Å². The number of hydrogen-bond acceptors (Lipinski definition) is 3. The lowest BCUT2D eigenvalue weighted by Gasteiger charge is -2.24. The van der Waals surface area contributed by atoms with Gasteiger partial charge in [0.15, 0.2) is 0 Å². The van der Waals surface area contributed by atoms with E-state index in [9.17, 15) is 9.18 Å². The van der Waals surface area contributed by atoms with E-state index in [0.29, 0.717) is 24.7 Å². The van der Waals surface area contributed by atoms with Crippen molar-refractivity contribution in [3.05, 3.63) is 24.0 Å². The lowest BCUT2D eigenvalue weighted by Crippen LogP contribution is -2.33. The molecule has 0 saturated heterocycles. The summed E-state index contributed by atoms with van der Waals surface area (Å²) in [6.45, 7) is 2.91. The molecule has 0 bridgehead atoms. The van der Waals surface area contributed by atoms with Crippen molar-refractivity contribution in [2.75, 3.05) is 24.6 Å². The number of nitrogens with zero attached hydrogens (tertiary/aromatic N) is 1. The summed E-state index contributed by atoms with van der Waals surface area (Å²) in [4.78, 5) is 14.1. The van der Waals surface area contributed by atoms with E-state index in [0.717, 1.165) is 5.92 Å². The van der Waals surface area contributed by atoms with Crippen molar-refractivity contribution in [3.63, 3.8) is 0 Å². The number of amides is 1. The zero-order valence-electron chi connectivity index (χ0n) is 12.0. The van der Waals surface area contributed by atoms with Crippen LogP contribution >= 0.6 is 0 Å². The summed E-state index contributed by atoms with van der Waals surface area (Å²) < 4.78 is 12.9. The van der Waals surface area contributed by atoms with E-state index in [2.05, 4.69) is 17.1 Å². The molecular weight excluding hydrogens is 257 g/mol. The fourth-order valence-corrected chi connectivity index (χ4v) is 2.28. The summed E-state index contributed by atoms with van der Waals surface area (Å²) >= 11 is 0.